The largest absolute Gasteiger partial charge is 0.481 e. The van der Waals surface area contributed by atoms with Crippen LogP contribution in [0.5, 0.6) is 0 Å². The summed E-state index contributed by atoms with van der Waals surface area (Å²) in [6, 6.07) is 0. The minimum atomic E-state index is -0.756. The highest BCUT2D eigenvalue weighted by atomic mass is 16.4. The molecule has 0 unspecified atom stereocenters. The first kappa shape index (κ1) is 9.97. The maximum atomic E-state index is 10.8. The van der Waals surface area contributed by atoms with Gasteiger partial charge in [0.2, 0.25) is 0 Å². The fourth-order valence-electron chi connectivity index (χ4n) is 3.59. The quantitative estimate of drug-likeness (QED) is 0.707. The number of carbonyl (C=O) groups is 1. The van der Waals surface area contributed by atoms with E-state index in [0.29, 0.717) is 5.92 Å². The van der Waals surface area contributed by atoms with E-state index in [4.69, 9.17) is 10.8 Å². The average Bonchev–Trinajstić information content (AvgIpc) is 2.00. The molecular formula is C11H19NO2. The zero-order valence-electron chi connectivity index (χ0n) is 8.92. The highest BCUT2D eigenvalue weighted by molar-refractivity contribution is 5.68. The molecule has 3 atom stereocenters. The molecule has 3 nitrogen and oxygen atoms in total. The van der Waals surface area contributed by atoms with Gasteiger partial charge in [-0.2, -0.15) is 0 Å². The van der Waals surface area contributed by atoms with Crippen LogP contribution < -0.4 is 5.73 Å². The second-order valence-corrected chi connectivity index (χ2v) is 5.65. The van der Waals surface area contributed by atoms with Crippen molar-refractivity contribution in [3.05, 3.63) is 0 Å². The Morgan fingerprint density at radius 2 is 2.21 bits per heavy atom. The minimum absolute atomic E-state index is 0.133. The van der Waals surface area contributed by atoms with Gasteiger partial charge in [-0.3, -0.25) is 4.79 Å². The lowest BCUT2D eigenvalue weighted by Crippen LogP contribution is -2.66. The Morgan fingerprint density at radius 3 is 2.64 bits per heavy atom. The third kappa shape index (κ3) is 1.18. The number of carboxylic acid groups (broad SMARTS) is 1. The molecule has 0 aliphatic heterocycles. The predicted molar refractivity (Wildman–Crippen MR) is 53.8 cm³/mol. The van der Waals surface area contributed by atoms with Gasteiger partial charge in [0.05, 0.1) is 6.42 Å². The normalized spacial score (nSPS) is 44.2. The number of rotatable bonds is 2. The van der Waals surface area contributed by atoms with Crippen LogP contribution in [-0.2, 0) is 4.79 Å². The van der Waals surface area contributed by atoms with E-state index < -0.39 is 11.5 Å². The molecule has 3 saturated carbocycles. The average molecular weight is 197 g/mol. The van der Waals surface area contributed by atoms with E-state index in [9.17, 15) is 4.79 Å². The lowest BCUT2D eigenvalue weighted by Gasteiger charge is -2.64. The lowest BCUT2D eigenvalue weighted by atomic mass is 9.43. The Bertz CT molecular complexity index is 272. The van der Waals surface area contributed by atoms with Crippen molar-refractivity contribution in [1.29, 1.82) is 0 Å². The first-order valence-electron chi connectivity index (χ1n) is 5.37. The van der Waals surface area contributed by atoms with Crippen molar-refractivity contribution in [2.75, 3.05) is 0 Å². The van der Waals surface area contributed by atoms with Crippen LogP contribution >= 0.6 is 0 Å². The number of fused-ring (bicyclic) bond motifs is 2. The van der Waals surface area contributed by atoms with E-state index in [1.807, 2.05) is 0 Å². The number of nitrogens with two attached hydrogens (primary N) is 1. The zero-order chi connectivity index (χ0) is 10.6. The molecule has 0 spiro atoms. The van der Waals surface area contributed by atoms with Gasteiger partial charge in [-0.1, -0.05) is 13.8 Å². The van der Waals surface area contributed by atoms with E-state index in [2.05, 4.69) is 13.8 Å². The topological polar surface area (TPSA) is 63.3 Å². The van der Waals surface area contributed by atoms with E-state index in [-0.39, 0.29) is 11.8 Å². The molecule has 3 N–H and O–H groups in total. The molecule has 3 aliphatic carbocycles. The maximum absolute atomic E-state index is 10.8. The SMILES string of the molecule is CC1(C)[C@H]2CC[C@](N)(CC(=O)O)[C@H]1C2. The number of carboxylic acids is 1. The Morgan fingerprint density at radius 1 is 1.57 bits per heavy atom. The van der Waals surface area contributed by atoms with Crippen LogP contribution in [0.4, 0.5) is 0 Å². The summed E-state index contributed by atoms with van der Waals surface area (Å²) in [6.07, 6.45) is 3.26. The van der Waals surface area contributed by atoms with Gasteiger partial charge < -0.3 is 10.8 Å². The Kier molecular flexibility index (Phi) is 1.94. The molecule has 14 heavy (non-hydrogen) atoms. The lowest BCUT2D eigenvalue weighted by molar-refractivity contribution is -0.150. The van der Waals surface area contributed by atoms with Crippen LogP contribution in [0, 0.1) is 17.3 Å². The monoisotopic (exact) mass is 197 g/mol. The first-order valence-corrected chi connectivity index (χ1v) is 5.37. The molecular weight excluding hydrogens is 178 g/mol. The Hall–Kier alpha value is -0.570. The van der Waals surface area contributed by atoms with Crippen molar-refractivity contribution in [1.82, 2.24) is 0 Å². The van der Waals surface area contributed by atoms with Gasteiger partial charge in [-0.05, 0) is 36.5 Å². The summed E-state index contributed by atoms with van der Waals surface area (Å²) in [5.74, 6) is 0.427. The minimum Gasteiger partial charge on any atom is -0.481 e. The maximum Gasteiger partial charge on any atom is 0.305 e. The summed E-state index contributed by atoms with van der Waals surface area (Å²) in [6.45, 7) is 4.46. The van der Waals surface area contributed by atoms with Crippen molar-refractivity contribution in [2.24, 2.45) is 23.0 Å². The van der Waals surface area contributed by atoms with E-state index in [1.54, 1.807) is 0 Å². The summed E-state index contributed by atoms with van der Waals surface area (Å²) in [5.41, 5.74) is 6.06. The number of aliphatic carboxylic acids is 1. The van der Waals surface area contributed by atoms with Crippen molar-refractivity contribution in [3.63, 3.8) is 0 Å². The van der Waals surface area contributed by atoms with Crippen LogP contribution in [0.3, 0.4) is 0 Å². The molecule has 0 aromatic rings. The molecule has 0 radical (unpaired) electrons. The summed E-state index contributed by atoms with van der Waals surface area (Å²) in [5, 5.41) is 8.86. The Balaban J connectivity index is 2.17. The summed E-state index contributed by atoms with van der Waals surface area (Å²) >= 11 is 0. The van der Waals surface area contributed by atoms with Gasteiger partial charge in [0, 0.05) is 5.54 Å². The summed E-state index contributed by atoms with van der Waals surface area (Å²) < 4.78 is 0. The second-order valence-electron chi connectivity index (χ2n) is 5.65. The highest BCUT2D eigenvalue weighted by Gasteiger charge is 2.59. The molecule has 0 heterocycles. The third-order valence-corrected chi connectivity index (χ3v) is 4.60. The predicted octanol–water partition coefficient (Wildman–Crippen LogP) is 1.61. The van der Waals surface area contributed by atoms with Gasteiger partial charge in [-0.15, -0.1) is 0 Å². The van der Waals surface area contributed by atoms with Crippen molar-refractivity contribution in [3.8, 4) is 0 Å². The standard InChI is InChI=1S/C11H19NO2/c1-10(2)7-3-4-11(12,6-9(13)14)8(10)5-7/h7-8H,3-6,12H2,1-2H3,(H,13,14)/t7-,8-,11-/m0/s1. The van der Waals surface area contributed by atoms with Crippen LogP contribution in [-0.4, -0.2) is 16.6 Å². The van der Waals surface area contributed by atoms with Crippen LogP contribution in [0.1, 0.15) is 39.5 Å². The molecule has 0 amide bonds. The number of hydrogen-bond donors (Lipinski definition) is 2. The Labute approximate surface area is 84.7 Å². The summed E-state index contributed by atoms with van der Waals surface area (Å²) in [4.78, 5) is 10.8. The molecule has 0 aromatic heterocycles. The van der Waals surface area contributed by atoms with Crippen LogP contribution in [0.25, 0.3) is 0 Å². The smallest absolute Gasteiger partial charge is 0.305 e. The number of hydrogen-bond acceptors (Lipinski definition) is 2. The van der Waals surface area contributed by atoms with Crippen LogP contribution in [0.2, 0.25) is 0 Å². The molecule has 3 fully saturated rings. The molecule has 0 saturated heterocycles. The van der Waals surface area contributed by atoms with Gasteiger partial charge in [0.15, 0.2) is 0 Å². The zero-order valence-corrected chi connectivity index (χ0v) is 8.92. The molecule has 3 heteroatoms. The molecule has 80 valence electrons. The molecule has 0 aromatic carbocycles. The van der Waals surface area contributed by atoms with Gasteiger partial charge in [-0.25, -0.2) is 0 Å². The van der Waals surface area contributed by atoms with Crippen molar-refractivity contribution in [2.45, 2.75) is 45.1 Å². The molecule has 3 rings (SSSR count). The van der Waals surface area contributed by atoms with Crippen molar-refractivity contribution < 1.29 is 9.90 Å². The van der Waals surface area contributed by atoms with E-state index in [1.165, 1.54) is 0 Å². The fraction of sp³-hybridized carbons (Fsp3) is 0.909. The highest BCUT2D eigenvalue weighted by Crippen LogP contribution is 2.62. The van der Waals surface area contributed by atoms with Gasteiger partial charge >= 0.3 is 5.97 Å². The second kappa shape index (κ2) is 2.72. The first-order chi connectivity index (χ1) is 6.36. The molecule has 3 aliphatic rings. The third-order valence-electron chi connectivity index (χ3n) is 4.60. The fourth-order valence-corrected chi connectivity index (χ4v) is 3.59. The molecule has 2 bridgehead atoms. The van der Waals surface area contributed by atoms with Gasteiger partial charge in [0.1, 0.15) is 0 Å². The van der Waals surface area contributed by atoms with E-state index in [0.717, 1.165) is 25.2 Å². The summed E-state index contributed by atoms with van der Waals surface area (Å²) in [7, 11) is 0. The van der Waals surface area contributed by atoms with E-state index >= 15 is 0 Å². The van der Waals surface area contributed by atoms with Crippen molar-refractivity contribution >= 4 is 5.97 Å². The van der Waals surface area contributed by atoms with Gasteiger partial charge in [0.25, 0.3) is 0 Å². The van der Waals surface area contributed by atoms with Crippen LogP contribution in [0.15, 0.2) is 0 Å².